The number of fused-ring (bicyclic) bond motifs is 2. The lowest BCUT2D eigenvalue weighted by molar-refractivity contribution is 0.209. The van der Waals surface area contributed by atoms with Crippen LogP contribution in [0.2, 0.25) is 0 Å². The van der Waals surface area contributed by atoms with Crippen LogP contribution in [0, 0.1) is 11.8 Å². The van der Waals surface area contributed by atoms with E-state index in [1.807, 2.05) is 0 Å². The summed E-state index contributed by atoms with van der Waals surface area (Å²) in [5.41, 5.74) is 0. The maximum atomic E-state index is 3.53. The van der Waals surface area contributed by atoms with Crippen molar-refractivity contribution in [1.82, 2.24) is 10.2 Å². The molecule has 1 aliphatic carbocycles. The van der Waals surface area contributed by atoms with Gasteiger partial charge in [0.1, 0.15) is 0 Å². The van der Waals surface area contributed by atoms with E-state index in [-0.39, 0.29) is 0 Å². The minimum absolute atomic E-state index is 0.786. The number of unbranched alkanes of at least 4 members (excludes halogenated alkanes) is 1. The van der Waals surface area contributed by atoms with E-state index in [0.29, 0.717) is 0 Å². The predicted molar refractivity (Wildman–Crippen MR) is 69.6 cm³/mol. The summed E-state index contributed by atoms with van der Waals surface area (Å²) < 4.78 is 0. The van der Waals surface area contributed by atoms with E-state index in [9.17, 15) is 0 Å². The molecule has 2 unspecified atom stereocenters. The first-order valence-corrected chi connectivity index (χ1v) is 7.20. The van der Waals surface area contributed by atoms with Crippen LogP contribution in [0.1, 0.15) is 46.0 Å². The van der Waals surface area contributed by atoms with Gasteiger partial charge in [0, 0.05) is 12.6 Å². The molecule has 94 valence electrons. The fraction of sp³-hybridized carbons (Fsp3) is 1.00. The molecular weight excluding hydrogens is 196 g/mol. The third-order valence-corrected chi connectivity index (χ3v) is 4.12. The monoisotopic (exact) mass is 224 g/mol. The molecule has 2 bridgehead atoms. The molecule has 2 fully saturated rings. The summed E-state index contributed by atoms with van der Waals surface area (Å²) in [4.78, 5) is 2.75. The van der Waals surface area contributed by atoms with Crippen molar-refractivity contribution in [2.24, 2.45) is 11.8 Å². The molecule has 1 saturated carbocycles. The van der Waals surface area contributed by atoms with E-state index in [1.165, 1.54) is 58.3 Å². The van der Waals surface area contributed by atoms with Gasteiger partial charge in [-0.2, -0.15) is 0 Å². The van der Waals surface area contributed by atoms with Crippen LogP contribution < -0.4 is 5.32 Å². The van der Waals surface area contributed by atoms with Gasteiger partial charge < -0.3 is 10.2 Å². The second kappa shape index (κ2) is 6.02. The largest absolute Gasteiger partial charge is 0.316 e. The highest BCUT2D eigenvalue weighted by atomic mass is 15.2. The van der Waals surface area contributed by atoms with Gasteiger partial charge in [-0.1, -0.05) is 13.8 Å². The highest BCUT2D eigenvalue weighted by molar-refractivity contribution is 4.91. The zero-order chi connectivity index (χ0) is 11.4. The van der Waals surface area contributed by atoms with Gasteiger partial charge in [0.05, 0.1) is 0 Å². The molecule has 0 spiro atoms. The maximum absolute atomic E-state index is 3.53. The Bertz CT molecular complexity index is 203. The molecule has 1 saturated heterocycles. The third-order valence-electron chi connectivity index (χ3n) is 4.12. The molecule has 1 aliphatic heterocycles. The Kier molecular flexibility index (Phi) is 4.66. The van der Waals surface area contributed by atoms with Gasteiger partial charge in [-0.15, -0.1) is 0 Å². The van der Waals surface area contributed by atoms with Crippen LogP contribution >= 0.6 is 0 Å². The van der Waals surface area contributed by atoms with Gasteiger partial charge in [-0.25, -0.2) is 0 Å². The average Bonchev–Trinajstić information content (AvgIpc) is 2.84. The number of likely N-dealkylation sites (tertiary alicyclic amines) is 1. The number of nitrogens with zero attached hydrogens (tertiary/aromatic N) is 1. The van der Waals surface area contributed by atoms with E-state index in [4.69, 9.17) is 0 Å². The summed E-state index contributed by atoms with van der Waals surface area (Å²) >= 11 is 0. The lowest BCUT2D eigenvalue weighted by Gasteiger charge is -2.26. The van der Waals surface area contributed by atoms with E-state index in [2.05, 4.69) is 24.1 Å². The first-order valence-electron chi connectivity index (χ1n) is 7.20. The Labute approximate surface area is 101 Å². The van der Waals surface area contributed by atoms with Crippen molar-refractivity contribution in [3.8, 4) is 0 Å². The van der Waals surface area contributed by atoms with E-state index in [1.54, 1.807) is 0 Å². The maximum Gasteiger partial charge on any atom is 0.00985 e. The van der Waals surface area contributed by atoms with Crippen LogP contribution in [0.3, 0.4) is 0 Å². The lowest BCUT2D eigenvalue weighted by atomic mass is 10.1. The number of nitrogens with one attached hydrogen (secondary N) is 1. The first kappa shape index (κ1) is 12.4. The Hall–Kier alpha value is -0.0800. The lowest BCUT2D eigenvalue weighted by Crippen LogP contribution is -2.33. The van der Waals surface area contributed by atoms with Crippen molar-refractivity contribution in [1.29, 1.82) is 0 Å². The fourth-order valence-electron chi connectivity index (χ4n) is 3.26. The number of hydrogen-bond donors (Lipinski definition) is 1. The molecule has 0 amide bonds. The van der Waals surface area contributed by atoms with Crippen LogP contribution in [0.25, 0.3) is 0 Å². The standard InChI is InChI=1S/C14H28N2/c1-12(2)10-15-7-3-4-8-16-11-13-5-6-14(16)9-13/h12-15H,3-11H2,1-2H3. The number of rotatable bonds is 7. The summed E-state index contributed by atoms with van der Waals surface area (Å²) in [7, 11) is 0. The molecule has 0 radical (unpaired) electrons. The second-order valence-electron chi connectivity index (χ2n) is 6.13. The minimum Gasteiger partial charge on any atom is -0.316 e. The zero-order valence-corrected chi connectivity index (χ0v) is 11.0. The Balaban J connectivity index is 1.46. The van der Waals surface area contributed by atoms with Crippen LogP contribution in [-0.4, -0.2) is 37.1 Å². The Morgan fingerprint density at radius 1 is 1.25 bits per heavy atom. The van der Waals surface area contributed by atoms with Crippen molar-refractivity contribution < 1.29 is 0 Å². The third kappa shape index (κ3) is 3.46. The fourth-order valence-corrected chi connectivity index (χ4v) is 3.26. The minimum atomic E-state index is 0.786. The summed E-state index contributed by atoms with van der Waals surface area (Å²) in [6.45, 7) is 9.69. The number of hydrogen-bond acceptors (Lipinski definition) is 2. The second-order valence-corrected chi connectivity index (χ2v) is 6.13. The van der Waals surface area contributed by atoms with Gasteiger partial charge in [0.15, 0.2) is 0 Å². The van der Waals surface area contributed by atoms with Crippen molar-refractivity contribution in [3.63, 3.8) is 0 Å². The quantitative estimate of drug-likeness (QED) is 0.668. The van der Waals surface area contributed by atoms with E-state index < -0.39 is 0 Å². The Morgan fingerprint density at radius 2 is 2.12 bits per heavy atom. The normalized spacial score (nSPS) is 29.4. The van der Waals surface area contributed by atoms with Crippen molar-refractivity contribution in [2.75, 3.05) is 26.2 Å². The Morgan fingerprint density at radius 3 is 2.75 bits per heavy atom. The zero-order valence-electron chi connectivity index (χ0n) is 11.0. The molecular formula is C14H28N2. The highest BCUT2D eigenvalue weighted by Gasteiger charge is 2.36. The van der Waals surface area contributed by atoms with Crippen LogP contribution in [0.5, 0.6) is 0 Å². The van der Waals surface area contributed by atoms with Gasteiger partial charge in [0.25, 0.3) is 0 Å². The molecule has 0 aromatic heterocycles. The van der Waals surface area contributed by atoms with E-state index >= 15 is 0 Å². The molecule has 2 atom stereocenters. The molecule has 2 heteroatoms. The molecule has 2 aliphatic rings. The van der Waals surface area contributed by atoms with Crippen molar-refractivity contribution in [3.05, 3.63) is 0 Å². The summed E-state index contributed by atoms with van der Waals surface area (Å²) in [6.07, 6.45) is 7.23. The number of piperidine rings is 1. The van der Waals surface area contributed by atoms with Crippen LogP contribution in [0.15, 0.2) is 0 Å². The molecule has 2 nitrogen and oxygen atoms in total. The van der Waals surface area contributed by atoms with Crippen LogP contribution in [0.4, 0.5) is 0 Å². The van der Waals surface area contributed by atoms with Crippen molar-refractivity contribution >= 4 is 0 Å². The smallest absolute Gasteiger partial charge is 0.00985 e. The highest BCUT2D eigenvalue weighted by Crippen LogP contribution is 2.37. The molecule has 1 N–H and O–H groups in total. The van der Waals surface area contributed by atoms with E-state index in [0.717, 1.165) is 17.9 Å². The predicted octanol–water partition coefficient (Wildman–Crippen LogP) is 2.50. The molecule has 0 aromatic carbocycles. The molecule has 16 heavy (non-hydrogen) atoms. The molecule has 1 heterocycles. The van der Waals surface area contributed by atoms with Gasteiger partial charge in [-0.05, 0) is 63.6 Å². The first-order chi connectivity index (χ1) is 7.75. The summed E-state index contributed by atoms with van der Waals surface area (Å²) in [5.74, 6) is 1.85. The summed E-state index contributed by atoms with van der Waals surface area (Å²) in [5, 5.41) is 3.53. The van der Waals surface area contributed by atoms with Crippen molar-refractivity contribution in [2.45, 2.75) is 52.0 Å². The topological polar surface area (TPSA) is 15.3 Å². The molecule has 0 aromatic rings. The van der Waals surface area contributed by atoms with Crippen LogP contribution in [-0.2, 0) is 0 Å². The van der Waals surface area contributed by atoms with Gasteiger partial charge >= 0.3 is 0 Å². The SMILES string of the molecule is CC(C)CNCCCCN1CC2CCC1C2. The summed E-state index contributed by atoms with van der Waals surface area (Å²) in [6, 6.07) is 0.966. The van der Waals surface area contributed by atoms with Gasteiger partial charge in [-0.3, -0.25) is 0 Å². The molecule has 2 rings (SSSR count). The van der Waals surface area contributed by atoms with Gasteiger partial charge in [0.2, 0.25) is 0 Å². The average molecular weight is 224 g/mol.